The van der Waals surface area contributed by atoms with Crippen molar-refractivity contribution < 1.29 is 14.3 Å². The Bertz CT molecular complexity index is 807. The van der Waals surface area contributed by atoms with Gasteiger partial charge in [-0.05, 0) is 30.3 Å². The Balaban J connectivity index is 2.14. The molecule has 5 heteroatoms. The number of imidazole rings is 1. The largest absolute Gasteiger partial charge is 0.478 e. The van der Waals surface area contributed by atoms with Crippen LogP contribution >= 0.6 is 0 Å². The van der Waals surface area contributed by atoms with E-state index in [1.165, 1.54) is 24.3 Å². The molecular formula is C15H11FN2O2. The maximum atomic E-state index is 13.3. The number of carboxylic acids is 1. The predicted molar refractivity (Wildman–Crippen MR) is 73.1 cm³/mol. The Hall–Kier alpha value is -2.69. The minimum absolute atomic E-state index is 0.221. The fourth-order valence-electron chi connectivity index (χ4n) is 2.18. The molecule has 0 saturated carbocycles. The van der Waals surface area contributed by atoms with E-state index in [0.717, 1.165) is 5.56 Å². The van der Waals surface area contributed by atoms with Crippen molar-refractivity contribution in [2.45, 2.75) is 0 Å². The Labute approximate surface area is 114 Å². The van der Waals surface area contributed by atoms with Crippen molar-refractivity contribution in [3.63, 3.8) is 0 Å². The van der Waals surface area contributed by atoms with E-state index in [1.807, 2.05) is 0 Å². The third-order valence-electron chi connectivity index (χ3n) is 3.23. The molecule has 1 N–H and O–H groups in total. The van der Waals surface area contributed by atoms with Crippen LogP contribution in [0.15, 0.2) is 42.5 Å². The topological polar surface area (TPSA) is 55.1 Å². The highest BCUT2D eigenvalue weighted by molar-refractivity contribution is 5.88. The van der Waals surface area contributed by atoms with Crippen LogP contribution in [0.25, 0.3) is 22.4 Å². The van der Waals surface area contributed by atoms with Crippen LogP contribution in [0.4, 0.5) is 4.39 Å². The first-order valence-electron chi connectivity index (χ1n) is 6.02. The van der Waals surface area contributed by atoms with Gasteiger partial charge in [-0.1, -0.05) is 12.1 Å². The molecule has 20 heavy (non-hydrogen) atoms. The number of aromatic nitrogens is 2. The number of benzene rings is 2. The van der Waals surface area contributed by atoms with Crippen molar-refractivity contribution in [1.82, 2.24) is 9.55 Å². The second kappa shape index (κ2) is 4.45. The van der Waals surface area contributed by atoms with Gasteiger partial charge in [-0.15, -0.1) is 0 Å². The van der Waals surface area contributed by atoms with Gasteiger partial charge in [0.15, 0.2) is 0 Å². The predicted octanol–water partition coefficient (Wildman–Crippen LogP) is 3.08. The molecule has 0 unspecified atom stereocenters. The highest BCUT2D eigenvalue weighted by Gasteiger charge is 2.11. The van der Waals surface area contributed by atoms with Crippen LogP contribution in [-0.2, 0) is 7.05 Å². The van der Waals surface area contributed by atoms with Crippen molar-refractivity contribution in [1.29, 1.82) is 0 Å². The molecule has 0 spiro atoms. The van der Waals surface area contributed by atoms with Crippen molar-refractivity contribution in [2.75, 3.05) is 0 Å². The average molecular weight is 270 g/mol. The lowest BCUT2D eigenvalue weighted by molar-refractivity contribution is 0.0697. The third kappa shape index (κ3) is 1.93. The van der Waals surface area contributed by atoms with E-state index in [-0.39, 0.29) is 11.4 Å². The monoisotopic (exact) mass is 270 g/mol. The molecule has 4 nitrogen and oxygen atoms in total. The summed E-state index contributed by atoms with van der Waals surface area (Å²) in [5, 5.41) is 8.88. The summed E-state index contributed by atoms with van der Waals surface area (Å²) in [7, 11) is 1.80. The van der Waals surface area contributed by atoms with Crippen LogP contribution in [0.5, 0.6) is 0 Å². The van der Waals surface area contributed by atoms with Gasteiger partial charge >= 0.3 is 5.97 Å². The molecular weight excluding hydrogens is 259 g/mol. The summed E-state index contributed by atoms with van der Waals surface area (Å²) in [6.07, 6.45) is 0. The van der Waals surface area contributed by atoms with Gasteiger partial charge in [0.1, 0.15) is 11.6 Å². The molecule has 0 aliphatic rings. The number of carbonyl (C=O) groups is 1. The van der Waals surface area contributed by atoms with Gasteiger partial charge in [0.2, 0.25) is 0 Å². The summed E-state index contributed by atoms with van der Waals surface area (Å²) >= 11 is 0. The Kier molecular flexibility index (Phi) is 2.75. The number of aromatic carboxylic acids is 1. The highest BCUT2D eigenvalue weighted by atomic mass is 19.1. The molecule has 0 aliphatic carbocycles. The first kappa shape index (κ1) is 12.3. The van der Waals surface area contributed by atoms with E-state index in [1.54, 1.807) is 29.8 Å². The summed E-state index contributed by atoms with van der Waals surface area (Å²) in [6.45, 7) is 0. The molecule has 0 atom stereocenters. The maximum Gasteiger partial charge on any atom is 0.335 e. The Morgan fingerprint density at radius 1 is 1.20 bits per heavy atom. The van der Waals surface area contributed by atoms with E-state index in [9.17, 15) is 9.18 Å². The molecule has 1 heterocycles. The van der Waals surface area contributed by atoms with Crippen LogP contribution in [0.3, 0.4) is 0 Å². The van der Waals surface area contributed by atoms with E-state index >= 15 is 0 Å². The zero-order valence-corrected chi connectivity index (χ0v) is 10.7. The van der Waals surface area contributed by atoms with Crippen LogP contribution in [-0.4, -0.2) is 20.6 Å². The lowest BCUT2D eigenvalue weighted by atomic mass is 10.1. The lowest BCUT2D eigenvalue weighted by Crippen LogP contribution is -1.97. The van der Waals surface area contributed by atoms with Gasteiger partial charge in [0.05, 0.1) is 16.6 Å². The minimum atomic E-state index is -0.969. The number of hydrogen-bond acceptors (Lipinski definition) is 2. The first-order chi connectivity index (χ1) is 9.56. The molecule has 1 aromatic heterocycles. The maximum absolute atomic E-state index is 13.3. The normalized spacial score (nSPS) is 10.9. The van der Waals surface area contributed by atoms with E-state index in [4.69, 9.17) is 5.11 Å². The molecule has 0 fully saturated rings. The van der Waals surface area contributed by atoms with Crippen molar-refractivity contribution >= 4 is 17.0 Å². The van der Waals surface area contributed by atoms with Gasteiger partial charge < -0.3 is 9.67 Å². The molecule has 0 bridgehead atoms. The number of aryl methyl sites for hydroxylation is 1. The number of hydrogen-bond donors (Lipinski definition) is 1. The average Bonchev–Trinajstić information content (AvgIpc) is 2.76. The lowest BCUT2D eigenvalue weighted by Gasteiger charge is -2.03. The number of nitrogens with zero attached hydrogens (tertiary/aromatic N) is 2. The molecule has 0 amide bonds. The molecule has 0 saturated heterocycles. The standard InChI is InChI=1S/C15H11FN2O2/c1-18-13-8-11(16)6-7-12(13)17-14(18)9-2-4-10(5-3-9)15(19)20/h2-8H,1H3,(H,19,20). The van der Waals surface area contributed by atoms with Crippen LogP contribution in [0, 0.1) is 5.82 Å². The van der Waals surface area contributed by atoms with Gasteiger partial charge in [-0.2, -0.15) is 0 Å². The van der Waals surface area contributed by atoms with E-state index < -0.39 is 5.97 Å². The zero-order valence-electron chi connectivity index (χ0n) is 10.7. The van der Waals surface area contributed by atoms with Crippen LogP contribution in [0.2, 0.25) is 0 Å². The van der Waals surface area contributed by atoms with E-state index in [2.05, 4.69) is 4.98 Å². The summed E-state index contributed by atoms with van der Waals surface area (Å²) in [4.78, 5) is 15.3. The van der Waals surface area contributed by atoms with Gasteiger partial charge in [-0.25, -0.2) is 14.2 Å². The van der Waals surface area contributed by atoms with Crippen molar-refractivity contribution in [3.05, 3.63) is 53.8 Å². The van der Waals surface area contributed by atoms with Gasteiger partial charge in [0.25, 0.3) is 0 Å². The quantitative estimate of drug-likeness (QED) is 0.778. The summed E-state index contributed by atoms with van der Waals surface area (Å²) in [6, 6.07) is 10.9. The number of carboxylic acid groups (broad SMARTS) is 1. The molecule has 0 aliphatic heterocycles. The fourth-order valence-corrected chi connectivity index (χ4v) is 2.18. The Morgan fingerprint density at radius 3 is 2.55 bits per heavy atom. The SMILES string of the molecule is Cn1c(-c2ccc(C(=O)O)cc2)nc2ccc(F)cc21. The second-order valence-electron chi connectivity index (χ2n) is 4.51. The molecule has 100 valence electrons. The third-order valence-corrected chi connectivity index (χ3v) is 3.23. The molecule has 3 rings (SSSR count). The van der Waals surface area contributed by atoms with Crippen molar-refractivity contribution in [3.8, 4) is 11.4 Å². The summed E-state index contributed by atoms with van der Waals surface area (Å²) in [5.74, 6) is -0.612. The molecule has 3 aromatic rings. The fraction of sp³-hybridized carbons (Fsp3) is 0.0667. The van der Waals surface area contributed by atoms with E-state index in [0.29, 0.717) is 16.9 Å². The summed E-state index contributed by atoms with van der Waals surface area (Å²) in [5.41, 5.74) is 2.40. The van der Waals surface area contributed by atoms with Crippen LogP contribution in [0.1, 0.15) is 10.4 Å². The zero-order chi connectivity index (χ0) is 14.3. The van der Waals surface area contributed by atoms with Crippen LogP contribution < -0.4 is 0 Å². The smallest absolute Gasteiger partial charge is 0.335 e. The second-order valence-corrected chi connectivity index (χ2v) is 4.51. The number of halogens is 1. The van der Waals surface area contributed by atoms with Crippen molar-refractivity contribution in [2.24, 2.45) is 7.05 Å². The Morgan fingerprint density at radius 2 is 1.90 bits per heavy atom. The minimum Gasteiger partial charge on any atom is -0.478 e. The number of rotatable bonds is 2. The number of fused-ring (bicyclic) bond motifs is 1. The van der Waals surface area contributed by atoms with Gasteiger partial charge in [0, 0.05) is 12.6 Å². The summed E-state index contributed by atoms with van der Waals surface area (Å²) < 4.78 is 15.0. The highest BCUT2D eigenvalue weighted by Crippen LogP contribution is 2.24. The van der Waals surface area contributed by atoms with Gasteiger partial charge in [-0.3, -0.25) is 0 Å². The first-order valence-corrected chi connectivity index (χ1v) is 6.02. The molecule has 0 radical (unpaired) electrons. The molecule has 2 aromatic carbocycles.